The molecule has 0 saturated carbocycles. The first-order chi connectivity index (χ1) is 8.89. The number of aryl methyl sites for hydroxylation is 1. The van der Waals surface area contributed by atoms with Crippen molar-refractivity contribution in [2.45, 2.75) is 24.2 Å². The molecule has 0 spiro atoms. The molecule has 1 N–H and O–H groups in total. The van der Waals surface area contributed by atoms with Gasteiger partial charge in [0.25, 0.3) is 10.0 Å². The Hall–Kier alpha value is -0.470. The first-order valence-corrected chi connectivity index (χ1v) is 8.62. The summed E-state index contributed by atoms with van der Waals surface area (Å²) in [6.45, 7) is 6.59. The highest BCUT2D eigenvalue weighted by molar-refractivity contribution is 7.91. The molecular formula is C12H20N2O3S2. The molecule has 0 unspecified atom stereocenters. The maximum atomic E-state index is 12.4. The Morgan fingerprint density at radius 3 is 2.42 bits per heavy atom. The predicted molar refractivity (Wildman–Crippen MR) is 75.9 cm³/mol. The van der Waals surface area contributed by atoms with Gasteiger partial charge < -0.3 is 5.11 Å². The summed E-state index contributed by atoms with van der Waals surface area (Å²) in [7, 11) is -3.33. The van der Waals surface area contributed by atoms with E-state index in [2.05, 4.69) is 4.90 Å². The molecule has 1 atom stereocenters. The molecule has 7 heteroatoms. The minimum absolute atomic E-state index is 0.372. The van der Waals surface area contributed by atoms with Crippen molar-refractivity contribution in [3.63, 3.8) is 0 Å². The van der Waals surface area contributed by atoms with Crippen LogP contribution in [-0.4, -0.2) is 61.6 Å². The molecule has 0 amide bonds. The molecule has 108 valence electrons. The van der Waals surface area contributed by atoms with Gasteiger partial charge in [0.05, 0.1) is 6.10 Å². The number of sulfonamides is 1. The third kappa shape index (κ3) is 3.55. The van der Waals surface area contributed by atoms with Crippen molar-refractivity contribution < 1.29 is 13.5 Å². The van der Waals surface area contributed by atoms with Gasteiger partial charge in [-0.25, -0.2) is 8.42 Å². The van der Waals surface area contributed by atoms with Crippen LogP contribution in [0.2, 0.25) is 0 Å². The quantitative estimate of drug-likeness (QED) is 0.891. The number of thiophene rings is 1. The van der Waals surface area contributed by atoms with Crippen LogP contribution in [0.1, 0.15) is 11.8 Å². The van der Waals surface area contributed by atoms with E-state index in [4.69, 9.17) is 0 Å². The lowest BCUT2D eigenvalue weighted by Crippen LogP contribution is -2.49. The molecule has 1 aromatic rings. The fraction of sp³-hybridized carbons (Fsp3) is 0.667. The van der Waals surface area contributed by atoms with Gasteiger partial charge in [-0.05, 0) is 26.0 Å². The summed E-state index contributed by atoms with van der Waals surface area (Å²) >= 11 is 1.32. The minimum atomic E-state index is -3.33. The fourth-order valence-corrected chi connectivity index (χ4v) is 5.06. The zero-order chi connectivity index (χ0) is 14.0. The summed E-state index contributed by atoms with van der Waals surface area (Å²) in [5, 5.41) is 9.34. The number of hydrogen-bond acceptors (Lipinski definition) is 5. The molecule has 5 nitrogen and oxygen atoms in total. The van der Waals surface area contributed by atoms with Crippen molar-refractivity contribution in [3.8, 4) is 0 Å². The zero-order valence-electron chi connectivity index (χ0n) is 11.2. The highest BCUT2D eigenvalue weighted by Gasteiger charge is 2.29. The van der Waals surface area contributed by atoms with E-state index >= 15 is 0 Å². The van der Waals surface area contributed by atoms with Crippen molar-refractivity contribution >= 4 is 21.4 Å². The Kier molecular flexibility index (Phi) is 4.62. The number of aliphatic hydroxyl groups excluding tert-OH is 1. The van der Waals surface area contributed by atoms with Gasteiger partial charge in [-0.15, -0.1) is 11.3 Å². The number of rotatable bonds is 4. The van der Waals surface area contributed by atoms with Gasteiger partial charge in [-0.3, -0.25) is 4.90 Å². The summed E-state index contributed by atoms with van der Waals surface area (Å²) in [6.07, 6.45) is -0.372. The molecule has 0 aliphatic carbocycles. The summed E-state index contributed by atoms with van der Waals surface area (Å²) in [5.74, 6) is 0. The van der Waals surface area contributed by atoms with E-state index in [1.807, 2.05) is 13.0 Å². The molecule has 0 aromatic carbocycles. The first kappa shape index (κ1) is 14.9. The van der Waals surface area contributed by atoms with Gasteiger partial charge >= 0.3 is 0 Å². The third-order valence-corrected chi connectivity index (χ3v) is 6.53. The van der Waals surface area contributed by atoms with Gasteiger partial charge in [-0.1, -0.05) is 0 Å². The van der Waals surface area contributed by atoms with Crippen molar-refractivity contribution in [2.24, 2.45) is 0 Å². The van der Waals surface area contributed by atoms with Crippen LogP contribution in [0.15, 0.2) is 16.3 Å². The van der Waals surface area contributed by atoms with E-state index in [0.717, 1.165) is 4.88 Å². The van der Waals surface area contributed by atoms with Gasteiger partial charge in [0.15, 0.2) is 0 Å². The van der Waals surface area contributed by atoms with Crippen LogP contribution in [0.5, 0.6) is 0 Å². The molecule has 2 heterocycles. The molecule has 2 rings (SSSR count). The molecular weight excluding hydrogens is 284 g/mol. The van der Waals surface area contributed by atoms with Crippen molar-refractivity contribution in [2.75, 3.05) is 32.7 Å². The lowest BCUT2D eigenvalue weighted by Gasteiger charge is -2.34. The van der Waals surface area contributed by atoms with Crippen LogP contribution in [0.25, 0.3) is 0 Å². The third-order valence-electron chi connectivity index (χ3n) is 3.16. The molecule has 1 aliphatic heterocycles. The van der Waals surface area contributed by atoms with E-state index in [-0.39, 0.29) is 6.10 Å². The Labute approximate surface area is 118 Å². The van der Waals surface area contributed by atoms with E-state index < -0.39 is 10.0 Å². The summed E-state index contributed by atoms with van der Waals surface area (Å²) in [6, 6.07) is 3.51. The average molecular weight is 304 g/mol. The fourth-order valence-electron chi connectivity index (χ4n) is 2.20. The molecule has 0 radical (unpaired) electrons. The van der Waals surface area contributed by atoms with Crippen LogP contribution in [0, 0.1) is 6.92 Å². The number of nitrogens with zero attached hydrogens (tertiary/aromatic N) is 2. The molecule has 1 aliphatic rings. The van der Waals surface area contributed by atoms with Crippen molar-refractivity contribution in [1.29, 1.82) is 0 Å². The highest BCUT2D eigenvalue weighted by Crippen LogP contribution is 2.25. The molecule has 1 aromatic heterocycles. The molecule has 1 saturated heterocycles. The lowest BCUT2D eigenvalue weighted by atomic mass is 10.3. The van der Waals surface area contributed by atoms with Crippen LogP contribution >= 0.6 is 11.3 Å². The maximum absolute atomic E-state index is 12.4. The Morgan fingerprint density at radius 2 is 1.95 bits per heavy atom. The first-order valence-electron chi connectivity index (χ1n) is 6.36. The van der Waals surface area contributed by atoms with E-state index in [0.29, 0.717) is 36.9 Å². The van der Waals surface area contributed by atoms with E-state index in [1.165, 1.54) is 15.6 Å². The average Bonchev–Trinajstić information content (AvgIpc) is 2.76. The second-order valence-electron chi connectivity index (χ2n) is 4.92. The summed E-state index contributed by atoms with van der Waals surface area (Å²) in [4.78, 5) is 3.10. The smallest absolute Gasteiger partial charge is 0.252 e. The normalized spacial score (nSPS) is 20.6. The number of piperazine rings is 1. The van der Waals surface area contributed by atoms with Gasteiger partial charge in [0.1, 0.15) is 4.21 Å². The van der Waals surface area contributed by atoms with Crippen molar-refractivity contribution in [3.05, 3.63) is 17.0 Å². The second kappa shape index (κ2) is 5.88. The van der Waals surface area contributed by atoms with Gasteiger partial charge in [0.2, 0.25) is 0 Å². The van der Waals surface area contributed by atoms with Crippen LogP contribution in [0.4, 0.5) is 0 Å². The van der Waals surface area contributed by atoms with E-state index in [1.54, 1.807) is 13.0 Å². The Bertz CT molecular complexity index is 517. The lowest BCUT2D eigenvalue weighted by molar-refractivity contribution is 0.103. The monoisotopic (exact) mass is 304 g/mol. The molecule has 1 fully saturated rings. The van der Waals surface area contributed by atoms with Gasteiger partial charge in [-0.2, -0.15) is 4.31 Å². The van der Waals surface area contributed by atoms with Crippen LogP contribution < -0.4 is 0 Å². The largest absolute Gasteiger partial charge is 0.392 e. The topological polar surface area (TPSA) is 60.9 Å². The summed E-state index contributed by atoms with van der Waals surface area (Å²) < 4.78 is 26.8. The number of aliphatic hydroxyl groups is 1. The van der Waals surface area contributed by atoms with Crippen LogP contribution in [-0.2, 0) is 10.0 Å². The molecule has 19 heavy (non-hydrogen) atoms. The van der Waals surface area contributed by atoms with E-state index in [9.17, 15) is 13.5 Å². The van der Waals surface area contributed by atoms with Crippen molar-refractivity contribution in [1.82, 2.24) is 9.21 Å². The summed E-state index contributed by atoms with van der Waals surface area (Å²) in [5.41, 5.74) is 0. The molecule has 0 bridgehead atoms. The van der Waals surface area contributed by atoms with Crippen LogP contribution in [0.3, 0.4) is 0 Å². The highest BCUT2D eigenvalue weighted by atomic mass is 32.2. The Balaban J connectivity index is 2.01. The van der Waals surface area contributed by atoms with Gasteiger partial charge in [0, 0.05) is 37.6 Å². The predicted octanol–water partition coefficient (Wildman–Crippen LogP) is 0.744. The maximum Gasteiger partial charge on any atom is 0.252 e. The number of hydrogen-bond donors (Lipinski definition) is 1. The second-order valence-corrected chi connectivity index (χ2v) is 8.37. The zero-order valence-corrected chi connectivity index (χ0v) is 12.9. The Morgan fingerprint density at radius 1 is 1.32 bits per heavy atom. The number of β-amino-alcohol motifs (C(OH)–C–C–N with tert-alkyl or cyclic N) is 1. The SMILES string of the molecule is Cc1ccc(S(=O)(=O)N2CCN(C[C@@H](C)O)CC2)s1. The standard InChI is InChI=1S/C12H20N2O3S2/c1-10(15)9-13-5-7-14(8-6-13)19(16,17)12-4-3-11(2)18-12/h3-4,10,15H,5-9H2,1-2H3/t10-/m1/s1. The minimum Gasteiger partial charge on any atom is -0.392 e.